The van der Waals surface area contributed by atoms with Gasteiger partial charge in [-0.15, -0.1) is 0 Å². The van der Waals surface area contributed by atoms with Gasteiger partial charge in [-0.1, -0.05) is 12.1 Å². The van der Waals surface area contributed by atoms with E-state index < -0.39 is 0 Å². The number of rotatable bonds is 6. The zero-order chi connectivity index (χ0) is 20.1. The third-order valence-electron chi connectivity index (χ3n) is 4.29. The topological polar surface area (TPSA) is 67.4 Å². The molecule has 28 heavy (non-hydrogen) atoms. The molecule has 0 radical (unpaired) electrons. The van der Waals surface area contributed by atoms with E-state index in [4.69, 9.17) is 4.74 Å². The number of nitrogens with one attached hydrogen (secondary N) is 1. The van der Waals surface area contributed by atoms with Gasteiger partial charge < -0.3 is 15.0 Å². The lowest BCUT2D eigenvalue weighted by Gasteiger charge is -2.21. The molecular weight excluding hydrogens is 352 g/mol. The number of aromatic nitrogens is 2. The maximum absolute atomic E-state index is 13.1. The van der Waals surface area contributed by atoms with Crippen molar-refractivity contribution in [2.24, 2.45) is 0 Å². The molecule has 0 fully saturated rings. The minimum Gasteiger partial charge on any atom is -0.497 e. The third kappa shape index (κ3) is 4.46. The smallest absolute Gasteiger partial charge is 0.277 e. The first kappa shape index (κ1) is 19.4. The van der Waals surface area contributed by atoms with Crippen LogP contribution in [0.25, 0.3) is 0 Å². The summed E-state index contributed by atoms with van der Waals surface area (Å²) >= 11 is 0. The number of carbonyl (C=O) groups excluding carboxylic acids is 1. The minimum absolute atomic E-state index is 0.156. The van der Waals surface area contributed by atoms with Crippen LogP contribution < -0.4 is 15.0 Å². The second-order valence-electron chi connectivity index (χ2n) is 6.46. The number of ether oxygens (including phenoxy) is 1. The maximum atomic E-state index is 13.1. The molecule has 0 unspecified atom stereocenters. The Balaban J connectivity index is 1.87. The summed E-state index contributed by atoms with van der Waals surface area (Å²) in [4.78, 5) is 23.7. The molecule has 3 rings (SSSR count). The highest BCUT2D eigenvalue weighted by Gasteiger charge is 2.19. The fourth-order valence-corrected chi connectivity index (χ4v) is 2.92. The molecule has 0 bridgehead atoms. The van der Waals surface area contributed by atoms with Crippen molar-refractivity contribution < 1.29 is 9.53 Å². The predicted molar refractivity (Wildman–Crippen MR) is 112 cm³/mol. The average Bonchev–Trinajstić information content (AvgIpc) is 2.69. The Morgan fingerprint density at radius 3 is 2.46 bits per heavy atom. The van der Waals surface area contributed by atoms with Crippen LogP contribution in [-0.4, -0.2) is 29.5 Å². The summed E-state index contributed by atoms with van der Waals surface area (Å²) in [7, 11) is 1.62. The molecule has 144 valence electrons. The lowest BCUT2D eigenvalue weighted by Crippen LogP contribution is -2.31. The number of methoxy groups -OCH3 is 1. The van der Waals surface area contributed by atoms with Gasteiger partial charge in [-0.05, 0) is 68.8 Å². The first-order valence-corrected chi connectivity index (χ1v) is 9.15. The van der Waals surface area contributed by atoms with E-state index in [1.165, 1.54) is 0 Å². The van der Waals surface area contributed by atoms with Gasteiger partial charge >= 0.3 is 0 Å². The van der Waals surface area contributed by atoms with Crippen molar-refractivity contribution in [3.05, 3.63) is 71.5 Å². The maximum Gasteiger partial charge on any atom is 0.277 e. The Bertz CT molecular complexity index is 971. The van der Waals surface area contributed by atoms with Gasteiger partial charge in [0.25, 0.3) is 5.91 Å². The van der Waals surface area contributed by atoms with E-state index in [0.29, 0.717) is 18.2 Å². The summed E-state index contributed by atoms with van der Waals surface area (Å²) in [6, 6.07) is 17.0. The number of benzene rings is 2. The molecule has 0 aliphatic carbocycles. The van der Waals surface area contributed by atoms with Gasteiger partial charge in [0.15, 0.2) is 0 Å². The Hall–Kier alpha value is -3.41. The van der Waals surface area contributed by atoms with Gasteiger partial charge in [-0.3, -0.25) is 4.79 Å². The number of nitrogens with zero attached hydrogens (tertiary/aromatic N) is 3. The SMILES string of the molecule is CCN(C(=O)c1cc(C)nc(Nc2ccc(OC)cc2)n1)c1cccc(C)c1. The van der Waals surface area contributed by atoms with Crippen LogP contribution in [0, 0.1) is 13.8 Å². The molecule has 1 N–H and O–H groups in total. The zero-order valence-electron chi connectivity index (χ0n) is 16.6. The van der Waals surface area contributed by atoms with E-state index in [0.717, 1.165) is 28.4 Å². The molecule has 6 heteroatoms. The summed E-state index contributed by atoms with van der Waals surface area (Å²) < 4.78 is 5.17. The van der Waals surface area contributed by atoms with Crippen molar-refractivity contribution in [2.75, 3.05) is 23.9 Å². The molecule has 2 aromatic carbocycles. The van der Waals surface area contributed by atoms with E-state index in [1.54, 1.807) is 18.1 Å². The number of hydrogen-bond donors (Lipinski definition) is 1. The Labute approximate surface area is 165 Å². The molecule has 0 spiro atoms. The van der Waals surface area contributed by atoms with E-state index in [2.05, 4.69) is 15.3 Å². The molecule has 1 heterocycles. The molecular formula is C22H24N4O2. The lowest BCUT2D eigenvalue weighted by molar-refractivity contribution is 0.0983. The van der Waals surface area contributed by atoms with Crippen molar-refractivity contribution in [1.29, 1.82) is 0 Å². The van der Waals surface area contributed by atoms with Gasteiger partial charge in [0, 0.05) is 23.6 Å². The number of hydrogen-bond acceptors (Lipinski definition) is 5. The van der Waals surface area contributed by atoms with Gasteiger partial charge in [-0.25, -0.2) is 9.97 Å². The Morgan fingerprint density at radius 1 is 1.07 bits per heavy atom. The van der Waals surface area contributed by atoms with Gasteiger partial charge in [0.1, 0.15) is 11.4 Å². The number of carbonyl (C=O) groups is 1. The molecule has 0 saturated heterocycles. The van der Waals surface area contributed by atoms with E-state index in [1.807, 2.05) is 69.3 Å². The van der Waals surface area contributed by atoms with Crippen LogP contribution in [0.1, 0.15) is 28.7 Å². The summed E-state index contributed by atoms with van der Waals surface area (Å²) in [6.07, 6.45) is 0. The second kappa shape index (κ2) is 8.52. The van der Waals surface area contributed by atoms with Crippen LogP contribution in [0.5, 0.6) is 5.75 Å². The Morgan fingerprint density at radius 2 is 1.82 bits per heavy atom. The minimum atomic E-state index is -0.156. The quantitative estimate of drug-likeness (QED) is 0.685. The van der Waals surface area contributed by atoms with Crippen molar-refractivity contribution in [3.8, 4) is 5.75 Å². The van der Waals surface area contributed by atoms with Gasteiger partial charge in [-0.2, -0.15) is 0 Å². The summed E-state index contributed by atoms with van der Waals surface area (Å²) in [6.45, 7) is 6.35. The van der Waals surface area contributed by atoms with Gasteiger partial charge in [0.2, 0.25) is 5.95 Å². The van der Waals surface area contributed by atoms with Crippen LogP contribution >= 0.6 is 0 Å². The second-order valence-corrected chi connectivity index (χ2v) is 6.46. The standard InChI is InChI=1S/C22H24N4O2/c1-5-26(18-8-6-7-15(2)13-18)21(27)20-14-16(3)23-22(25-20)24-17-9-11-19(28-4)12-10-17/h6-14H,5H2,1-4H3,(H,23,24,25). The highest BCUT2D eigenvalue weighted by atomic mass is 16.5. The van der Waals surface area contributed by atoms with E-state index >= 15 is 0 Å². The molecule has 6 nitrogen and oxygen atoms in total. The Kier molecular flexibility index (Phi) is 5.89. The van der Waals surface area contributed by atoms with Crippen molar-refractivity contribution >= 4 is 23.2 Å². The first-order valence-electron chi connectivity index (χ1n) is 9.15. The molecule has 0 atom stereocenters. The van der Waals surface area contributed by atoms with Crippen LogP contribution in [0.15, 0.2) is 54.6 Å². The fraction of sp³-hybridized carbons (Fsp3) is 0.227. The van der Waals surface area contributed by atoms with Crippen LogP contribution in [0.2, 0.25) is 0 Å². The van der Waals surface area contributed by atoms with Gasteiger partial charge in [0.05, 0.1) is 7.11 Å². The predicted octanol–water partition coefficient (Wildman–Crippen LogP) is 4.51. The highest BCUT2D eigenvalue weighted by Crippen LogP contribution is 2.21. The largest absolute Gasteiger partial charge is 0.497 e. The first-order chi connectivity index (χ1) is 13.5. The van der Waals surface area contributed by atoms with Crippen LogP contribution in [0.3, 0.4) is 0 Å². The van der Waals surface area contributed by atoms with Crippen molar-refractivity contribution in [1.82, 2.24) is 9.97 Å². The fourth-order valence-electron chi connectivity index (χ4n) is 2.92. The average molecular weight is 376 g/mol. The summed E-state index contributed by atoms with van der Waals surface area (Å²) in [5.41, 5.74) is 3.84. The molecule has 0 saturated carbocycles. The summed E-state index contributed by atoms with van der Waals surface area (Å²) in [5.74, 6) is 0.994. The zero-order valence-corrected chi connectivity index (χ0v) is 16.6. The number of aryl methyl sites for hydroxylation is 2. The molecule has 3 aromatic rings. The number of anilines is 3. The highest BCUT2D eigenvalue weighted by molar-refractivity contribution is 6.05. The van der Waals surface area contributed by atoms with Crippen molar-refractivity contribution in [3.63, 3.8) is 0 Å². The van der Waals surface area contributed by atoms with Crippen molar-refractivity contribution in [2.45, 2.75) is 20.8 Å². The third-order valence-corrected chi connectivity index (χ3v) is 4.29. The van der Waals surface area contributed by atoms with Crippen LogP contribution in [-0.2, 0) is 0 Å². The molecule has 0 aliphatic rings. The van der Waals surface area contributed by atoms with E-state index in [-0.39, 0.29) is 5.91 Å². The normalized spacial score (nSPS) is 10.4. The van der Waals surface area contributed by atoms with Crippen LogP contribution in [0.4, 0.5) is 17.3 Å². The lowest BCUT2D eigenvalue weighted by atomic mass is 10.2. The number of amides is 1. The van der Waals surface area contributed by atoms with E-state index in [9.17, 15) is 4.79 Å². The molecule has 0 aliphatic heterocycles. The molecule has 1 aromatic heterocycles. The monoisotopic (exact) mass is 376 g/mol. The summed E-state index contributed by atoms with van der Waals surface area (Å²) in [5, 5.41) is 3.15. The molecule has 1 amide bonds.